The highest BCUT2D eigenvalue weighted by Gasteiger charge is 2.20. The number of benzene rings is 1. The number of Topliss-reactive ketones (excluding diaryl/α,β-unsaturated/α-hetero) is 2. The maximum Gasteiger partial charge on any atom is 0.167 e. The van der Waals surface area contributed by atoms with Gasteiger partial charge in [-0.3, -0.25) is 9.59 Å². The molecule has 4 heteroatoms. The van der Waals surface area contributed by atoms with Crippen LogP contribution in [0, 0.1) is 23.1 Å². The Morgan fingerprint density at radius 2 is 2.06 bits per heavy atom. The predicted octanol–water partition coefficient (Wildman–Crippen LogP) is 2.13. The summed E-state index contributed by atoms with van der Waals surface area (Å²) >= 11 is 0. The summed E-state index contributed by atoms with van der Waals surface area (Å²) in [4.78, 5) is 22.6. The molecule has 1 atom stereocenters. The first-order valence-corrected chi connectivity index (χ1v) is 4.74. The first-order chi connectivity index (χ1) is 7.56. The van der Waals surface area contributed by atoms with Crippen molar-refractivity contribution in [2.45, 2.75) is 13.3 Å². The van der Waals surface area contributed by atoms with Crippen LogP contribution in [0.25, 0.3) is 0 Å². The molecule has 1 aromatic carbocycles. The molecule has 0 bridgehead atoms. The van der Waals surface area contributed by atoms with Crippen molar-refractivity contribution in [2.24, 2.45) is 5.92 Å². The third kappa shape index (κ3) is 2.74. The molecule has 1 rings (SSSR count). The lowest BCUT2D eigenvalue weighted by Gasteiger charge is -2.04. The summed E-state index contributed by atoms with van der Waals surface area (Å²) in [5.41, 5.74) is -0.0796. The topological polar surface area (TPSA) is 57.9 Å². The van der Waals surface area contributed by atoms with E-state index in [-0.39, 0.29) is 17.8 Å². The number of nitrogens with zero attached hydrogens (tertiary/aromatic N) is 1. The molecule has 0 amide bonds. The van der Waals surface area contributed by atoms with Crippen molar-refractivity contribution in [3.63, 3.8) is 0 Å². The molecule has 0 aliphatic heterocycles. The number of ketones is 2. The van der Waals surface area contributed by atoms with E-state index in [0.29, 0.717) is 0 Å². The van der Waals surface area contributed by atoms with Gasteiger partial charge in [-0.15, -0.1) is 0 Å². The Hall–Kier alpha value is -2.02. The van der Waals surface area contributed by atoms with E-state index in [9.17, 15) is 14.0 Å². The Labute approximate surface area is 92.5 Å². The fraction of sp³-hybridized carbons (Fsp3) is 0.250. The maximum atomic E-state index is 13.2. The molecule has 0 N–H and O–H groups in total. The summed E-state index contributed by atoms with van der Waals surface area (Å²) in [6.45, 7) is 1.24. The third-order valence-corrected chi connectivity index (χ3v) is 2.21. The monoisotopic (exact) mass is 219 g/mol. The van der Waals surface area contributed by atoms with Crippen molar-refractivity contribution in [3.8, 4) is 6.07 Å². The normalized spacial score (nSPS) is 11.6. The van der Waals surface area contributed by atoms with Crippen LogP contribution in [-0.4, -0.2) is 11.6 Å². The van der Waals surface area contributed by atoms with Crippen LogP contribution in [0.3, 0.4) is 0 Å². The van der Waals surface area contributed by atoms with Gasteiger partial charge in [0.05, 0.1) is 11.6 Å². The van der Waals surface area contributed by atoms with Gasteiger partial charge in [-0.25, -0.2) is 4.39 Å². The van der Waals surface area contributed by atoms with Crippen molar-refractivity contribution >= 4 is 11.6 Å². The highest BCUT2D eigenvalue weighted by Crippen LogP contribution is 2.13. The number of halogens is 1. The largest absolute Gasteiger partial charge is 0.299 e. The summed E-state index contributed by atoms with van der Waals surface area (Å²) in [7, 11) is 0. The Bertz CT molecular complexity index is 462. The van der Waals surface area contributed by atoms with E-state index in [1.54, 1.807) is 6.07 Å². The molecular weight excluding hydrogens is 209 g/mol. The summed E-state index contributed by atoms with van der Waals surface area (Å²) in [5, 5.41) is 8.64. The van der Waals surface area contributed by atoms with E-state index in [1.165, 1.54) is 31.2 Å². The molecule has 0 spiro atoms. The number of carbonyl (C=O) groups excluding carboxylic acids is 2. The van der Waals surface area contributed by atoms with Gasteiger partial charge in [-0.2, -0.15) is 5.26 Å². The average molecular weight is 219 g/mol. The molecule has 0 aromatic heterocycles. The van der Waals surface area contributed by atoms with Crippen molar-refractivity contribution in [3.05, 3.63) is 35.6 Å². The van der Waals surface area contributed by atoms with E-state index in [0.717, 1.165) is 0 Å². The molecular formula is C12H10FNO2. The minimum atomic E-state index is -0.993. The maximum absolute atomic E-state index is 13.2. The van der Waals surface area contributed by atoms with Crippen LogP contribution in [0.5, 0.6) is 0 Å². The molecule has 0 fully saturated rings. The van der Waals surface area contributed by atoms with Crippen LogP contribution in [0.15, 0.2) is 24.3 Å². The molecule has 0 saturated carbocycles. The van der Waals surface area contributed by atoms with Gasteiger partial charge in [-0.05, 0) is 19.1 Å². The molecule has 1 aromatic rings. The lowest BCUT2D eigenvalue weighted by molar-refractivity contribution is -0.119. The Balaban J connectivity index is 2.85. The lowest BCUT2D eigenvalue weighted by Crippen LogP contribution is -2.15. The molecule has 1 unspecified atom stereocenters. The fourth-order valence-electron chi connectivity index (χ4n) is 1.26. The Kier molecular flexibility index (Phi) is 3.90. The Morgan fingerprint density at radius 3 is 2.56 bits per heavy atom. The number of hydrogen-bond donors (Lipinski definition) is 0. The quantitative estimate of drug-likeness (QED) is 0.729. The SMILES string of the molecule is CC(=O)C(C#N)CC(=O)c1ccccc1F. The van der Waals surface area contributed by atoms with Gasteiger partial charge < -0.3 is 0 Å². The van der Waals surface area contributed by atoms with Gasteiger partial charge in [0.15, 0.2) is 5.78 Å². The first-order valence-electron chi connectivity index (χ1n) is 4.74. The zero-order chi connectivity index (χ0) is 12.1. The number of nitriles is 1. The molecule has 0 heterocycles. The van der Waals surface area contributed by atoms with Gasteiger partial charge in [-0.1, -0.05) is 12.1 Å². The lowest BCUT2D eigenvalue weighted by atomic mass is 9.96. The zero-order valence-electron chi connectivity index (χ0n) is 8.74. The molecule has 0 aliphatic carbocycles. The molecule has 0 saturated heterocycles. The van der Waals surface area contributed by atoms with Crippen LogP contribution in [0.1, 0.15) is 23.7 Å². The molecule has 16 heavy (non-hydrogen) atoms. The fourth-order valence-corrected chi connectivity index (χ4v) is 1.26. The van der Waals surface area contributed by atoms with Crippen LogP contribution >= 0.6 is 0 Å². The van der Waals surface area contributed by atoms with Crippen LogP contribution in [0.2, 0.25) is 0 Å². The van der Waals surface area contributed by atoms with Crippen LogP contribution in [-0.2, 0) is 4.79 Å². The van der Waals surface area contributed by atoms with Crippen molar-refractivity contribution in [1.82, 2.24) is 0 Å². The van der Waals surface area contributed by atoms with Crippen LogP contribution < -0.4 is 0 Å². The second-order valence-electron chi connectivity index (χ2n) is 3.40. The van der Waals surface area contributed by atoms with Gasteiger partial charge in [0.2, 0.25) is 0 Å². The van der Waals surface area contributed by atoms with Gasteiger partial charge >= 0.3 is 0 Å². The van der Waals surface area contributed by atoms with Gasteiger partial charge in [0.1, 0.15) is 17.5 Å². The molecule has 0 radical (unpaired) electrons. The standard InChI is InChI=1S/C12H10FNO2/c1-8(15)9(7-14)6-12(16)10-4-2-3-5-11(10)13/h2-5,9H,6H2,1H3. The first kappa shape index (κ1) is 12.1. The third-order valence-electron chi connectivity index (χ3n) is 2.21. The van der Waals surface area contributed by atoms with E-state index >= 15 is 0 Å². The average Bonchev–Trinajstić information content (AvgIpc) is 2.25. The van der Waals surface area contributed by atoms with Crippen LogP contribution in [0.4, 0.5) is 4.39 Å². The zero-order valence-corrected chi connectivity index (χ0v) is 8.74. The van der Waals surface area contributed by atoms with E-state index in [1.807, 2.05) is 0 Å². The number of rotatable bonds is 4. The summed E-state index contributed by atoms with van der Waals surface area (Å²) in [6, 6.07) is 7.24. The second kappa shape index (κ2) is 5.17. The van der Waals surface area contributed by atoms with Gasteiger partial charge in [0, 0.05) is 6.42 Å². The van der Waals surface area contributed by atoms with Crippen molar-refractivity contribution in [1.29, 1.82) is 5.26 Å². The highest BCUT2D eigenvalue weighted by molar-refractivity contribution is 5.99. The summed E-state index contributed by atoms with van der Waals surface area (Å²) in [6.07, 6.45) is -0.271. The van der Waals surface area contributed by atoms with E-state index in [2.05, 4.69) is 0 Å². The summed E-state index contributed by atoms with van der Waals surface area (Å²) < 4.78 is 13.2. The smallest absolute Gasteiger partial charge is 0.167 e. The predicted molar refractivity (Wildman–Crippen MR) is 55.1 cm³/mol. The highest BCUT2D eigenvalue weighted by atomic mass is 19.1. The van der Waals surface area contributed by atoms with E-state index in [4.69, 9.17) is 5.26 Å². The van der Waals surface area contributed by atoms with E-state index < -0.39 is 17.5 Å². The minimum Gasteiger partial charge on any atom is -0.299 e. The molecule has 82 valence electrons. The summed E-state index contributed by atoms with van der Waals surface area (Å²) in [5.74, 6) is -2.54. The molecule has 0 aliphatic rings. The van der Waals surface area contributed by atoms with Crippen molar-refractivity contribution in [2.75, 3.05) is 0 Å². The number of hydrogen-bond acceptors (Lipinski definition) is 3. The molecule has 3 nitrogen and oxygen atoms in total. The Morgan fingerprint density at radius 1 is 1.44 bits per heavy atom. The van der Waals surface area contributed by atoms with Crippen molar-refractivity contribution < 1.29 is 14.0 Å². The minimum absolute atomic E-state index is 0.0796. The number of carbonyl (C=O) groups is 2. The second-order valence-corrected chi connectivity index (χ2v) is 3.40. The van der Waals surface area contributed by atoms with Gasteiger partial charge in [0.25, 0.3) is 0 Å².